The van der Waals surface area contributed by atoms with Gasteiger partial charge in [0.15, 0.2) is 0 Å². The summed E-state index contributed by atoms with van der Waals surface area (Å²) in [5, 5.41) is 3.11. The Balaban J connectivity index is 1.70. The van der Waals surface area contributed by atoms with E-state index in [1.165, 1.54) is 0 Å². The van der Waals surface area contributed by atoms with E-state index in [0.717, 1.165) is 51.3 Å². The monoisotopic (exact) mass is 291 g/mol. The van der Waals surface area contributed by atoms with Crippen LogP contribution in [0.15, 0.2) is 24.5 Å². The number of rotatable bonds is 7. The predicted molar refractivity (Wildman–Crippen MR) is 81.9 cm³/mol. The van der Waals surface area contributed by atoms with Gasteiger partial charge in [0.2, 0.25) is 5.91 Å². The van der Waals surface area contributed by atoms with Crippen molar-refractivity contribution in [2.75, 3.05) is 32.8 Å². The maximum Gasteiger partial charge on any atom is 0.220 e. The average Bonchev–Trinajstić information content (AvgIpc) is 2.54. The van der Waals surface area contributed by atoms with Crippen molar-refractivity contribution in [1.82, 2.24) is 15.2 Å². The van der Waals surface area contributed by atoms with E-state index in [9.17, 15) is 4.79 Å². The number of morpholine rings is 1. The molecular formula is C16H25N3O2. The Kier molecular flexibility index (Phi) is 6.63. The molecule has 1 aromatic rings. The molecule has 0 aromatic carbocycles. The highest BCUT2D eigenvalue weighted by molar-refractivity contribution is 5.76. The van der Waals surface area contributed by atoms with Crippen LogP contribution in [0.4, 0.5) is 0 Å². The van der Waals surface area contributed by atoms with Crippen molar-refractivity contribution in [3.63, 3.8) is 0 Å². The van der Waals surface area contributed by atoms with Crippen LogP contribution >= 0.6 is 0 Å². The fourth-order valence-electron chi connectivity index (χ4n) is 2.57. The van der Waals surface area contributed by atoms with Crippen molar-refractivity contribution >= 4 is 5.91 Å². The smallest absolute Gasteiger partial charge is 0.220 e. The topological polar surface area (TPSA) is 54.5 Å². The summed E-state index contributed by atoms with van der Waals surface area (Å²) in [4.78, 5) is 18.4. The second kappa shape index (κ2) is 8.74. The van der Waals surface area contributed by atoms with Gasteiger partial charge >= 0.3 is 0 Å². The second-order valence-electron chi connectivity index (χ2n) is 5.37. The number of pyridine rings is 1. The van der Waals surface area contributed by atoms with E-state index in [1.54, 1.807) is 12.4 Å². The van der Waals surface area contributed by atoms with Gasteiger partial charge in [0.1, 0.15) is 0 Å². The molecule has 0 unspecified atom stereocenters. The number of aromatic nitrogens is 1. The molecule has 5 nitrogen and oxygen atoms in total. The van der Waals surface area contributed by atoms with Gasteiger partial charge in [-0.15, -0.1) is 0 Å². The van der Waals surface area contributed by atoms with E-state index < -0.39 is 0 Å². The van der Waals surface area contributed by atoms with Crippen LogP contribution in [-0.2, 0) is 9.53 Å². The summed E-state index contributed by atoms with van der Waals surface area (Å²) < 4.78 is 5.32. The van der Waals surface area contributed by atoms with Gasteiger partial charge in [0.25, 0.3) is 0 Å². The number of amides is 1. The zero-order valence-corrected chi connectivity index (χ0v) is 12.8. The number of nitrogens with zero attached hydrogens (tertiary/aromatic N) is 2. The Morgan fingerprint density at radius 3 is 2.76 bits per heavy atom. The molecular weight excluding hydrogens is 266 g/mol. The van der Waals surface area contributed by atoms with Gasteiger partial charge in [-0.25, -0.2) is 0 Å². The number of hydrogen-bond donors (Lipinski definition) is 1. The van der Waals surface area contributed by atoms with E-state index in [2.05, 4.69) is 22.1 Å². The quantitative estimate of drug-likeness (QED) is 0.832. The van der Waals surface area contributed by atoms with Crippen molar-refractivity contribution in [2.45, 2.75) is 32.2 Å². The van der Waals surface area contributed by atoms with Crippen LogP contribution < -0.4 is 5.32 Å². The Labute approximate surface area is 126 Å². The van der Waals surface area contributed by atoms with Crippen molar-refractivity contribution in [2.24, 2.45) is 0 Å². The van der Waals surface area contributed by atoms with Crippen molar-refractivity contribution in [3.8, 4) is 0 Å². The minimum atomic E-state index is 0.0869. The highest BCUT2D eigenvalue weighted by Gasteiger charge is 2.14. The lowest BCUT2D eigenvalue weighted by atomic mass is 10.1. The number of carbonyl (C=O) groups is 1. The van der Waals surface area contributed by atoms with Gasteiger partial charge in [0.05, 0.1) is 19.3 Å². The molecule has 5 heteroatoms. The molecule has 1 saturated heterocycles. The maximum absolute atomic E-state index is 12.1. The van der Waals surface area contributed by atoms with E-state index in [0.29, 0.717) is 6.42 Å². The molecule has 1 fully saturated rings. The lowest BCUT2D eigenvalue weighted by Crippen LogP contribution is -2.37. The number of nitrogens with one attached hydrogen (secondary N) is 1. The highest BCUT2D eigenvalue weighted by atomic mass is 16.5. The first-order valence-electron chi connectivity index (χ1n) is 7.79. The van der Waals surface area contributed by atoms with Gasteiger partial charge in [0, 0.05) is 31.9 Å². The summed E-state index contributed by atoms with van der Waals surface area (Å²) in [6.07, 6.45) is 5.90. The summed E-state index contributed by atoms with van der Waals surface area (Å²) in [6.45, 7) is 6.65. The van der Waals surface area contributed by atoms with Crippen molar-refractivity contribution in [1.29, 1.82) is 0 Å². The first kappa shape index (κ1) is 15.9. The zero-order valence-electron chi connectivity index (χ0n) is 12.8. The Bertz CT molecular complexity index is 419. The molecule has 1 aromatic heterocycles. The van der Waals surface area contributed by atoms with Crippen LogP contribution in [0.1, 0.15) is 37.8 Å². The molecule has 0 saturated carbocycles. The maximum atomic E-state index is 12.1. The largest absolute Gasteiger partial charge is 0.379 e. The third kappa shape index (κ3) is 5.44. The Morgan fingerprint density at radius 1 is 1.38 bits per heavy atom. The number of ether oxygens (including phenoxy) is 1. The summed E-state index contributed by atoms with van der Waals surface area (Å²) in [5.41, 5.74) is 1.12. The van der Waals surface area contributed by atoms with Crippen LogP contribution in [-0.4, -0.2) is 48.6 Å². The predicted octanol–water partition coefficient (Wildman–Crippen LogP) is 1.76. The van der Waals surface area contributed by atoms with Crippen LogP contribution in [0.3, 0.4) is 0 Å². The van der Waals surface area contributed by atoms with Crippen molar-refractivity contribution in [3.05, 3.63) is 30.1 Å². The minimum Gasteiger partial charge on any atom is -0.379 e. The summed E-state index contributed by atoms with van der Waals surface area (Å²) in [5.74, 6) is 0.131. The van der Waals surface area contributed by atoms with E-state index in [1.807, 2.05) is 12.1 Å². The number of carbonyl (C=O) groups excluding carboxylic acids is 1. The lowest BCUT2D eigenvalue weighted by Gasteiger charge is -2.26. The normalized spacial score (nSPS) is 17.4. The fourth-order valence-corrected chi connectivity index (χ4v) is 2.57. The molecule has 2 rings (SSSR count). The standard InChI is InChI=1S/C16H25N3O2/c1-2-15(14-5-7-17-8-6-14)18-16(20)4-3-9-19-10-12-21-13-11-19/h5-8,15H,2-4,9-13H2,1H3,(H,18,20)/t15-/m1/s1. The molecule has 1 aliphatic heterocycles. The molecule has 21 heavy (non-hydrogen) atoms. The molecule has 1 atom stereocenters. The SMILES string of the molecule is CC[C@@H](NC(=O)CCCN1CCOCC1)c1ccncc1. The zero-order chi connectivity index (χ0) is 14.9. The number of hydrogen-bond acceptors (Lipinski definition) is 4. The summed E-state index contributed by atoms with van der Waals surface area (Å²) in [7, 11) is 0. The van der Waals surface area contributed by atoms with Gasteiger partial charge in [-0.2, -0.15) is 0 Å². The average molecular weight is 291 g/mol. The van der Waals surface area contributed by atoms with Gasteiger partial charge in [-0.1, -0.05) is 6.92 Å². The molecule has 1 amide bonds. The minimum absolute atomic E-state index is 0.0869. The first-order chi connectivity index (χ1) is 10.3. The van der Waals surface area contributed by atoms with Gasteiger partial charge in [-0.3, -0.25) is 14.7 Å². The molecule has 2 heterocycles. The Hall–Kier alpha value is -1.46. The highest BCUT2D eigenvalue weighted by Crippen LogP contribution is 2.15. The molecule has 0 radical (unpaired) electrons. The Morgan fingerprint density at radius 2 is 2.10 bits per heavy atom. The molecule has 1 N–H and O–H groups in total. The van der Waals surface area contributed by atoms with Crippen LogP contribution in [0.2, 0.25) is 0 Å². The van der Waals surface area contributed by atoms with E-state index in [4.69, 9.17) is 4.74 Å². The van der Waals surface area contributed by atoms with Crippen molar-refractivity contribution < 1.29 is 9.53 Å². The lowest BCUT2D eigenvalue weighted by molar-refractivity contribution is -0.122. The molecule has 116 valence electrons. The fraction of sp³-hybridized carbons (Fsp3) is 0.625. The second-order valence-corrected chi connectivity index (χ2v) is 5.37. The third-order valence-electron chi connectivity index (χ3n) is 3.83. The van der Waals surface area contributed by atoms with Crippen LogP contribution in [0, 0.1) is 0 Å². The molecule has 1 aliphatic rings. The van der Waals surface area contributed by atoms with Crippen LogP contribution in [0.25, 0.3) is 0 Å². The molecule has 0 spiro atoms. The first-order valence-corrected chi connectivity index (χ1v) is 7.79. The summed E-state index contributed by atoms with van der Waals surface area (Å²) in [6, 6.07) is 4.01. The molecule has 0 aliphatic carbocycles. The van der Waals surface area contributed by atoms with Gasteiger partial charge < -0.3 is 10.1 Å². The summed E-state index contributed by atoms with van der Waals surface area (Å²) >= 11 is 0. The third-order valence-corrected chi connectivity index (χ3v) is 3.83. The van der Waals surface area contributed by atoms with E-state index >= 15 is 0 Å². The van der Waals surface area contributed by atoms with Gasteiger partial charge in [-0.05, 0) is 37.1 Å². The molecule has 0 bridgehead atoms. The van der Waals surface area contributed by atoms with Crippen LogP contribution in [0.5, 0.6) is 0 Å². The van der Waals surface area contributed by atoms with E-state index in [-0.39, 0.29) is 11.9 Å².